The van der Waals surface area contributed by atoms with Gasteiger partial charge in [-0.3, -0.25) is 4.79 Å². The zero-order chi connectivity index (χ0) is 15.4. The third-order valence-electron chi connectivity index (χ3n) is 2.72. The Morgan fingerprint density at radius 3 is 2.86 bits per heavy atom. The second-order valence-electron chi connectivity index (χ2n) is 4.18. The van der Waals surface area contributed by atoms with Gasteiger partial charge in [0.05, 0.1) is 6.54 Å². The maximum Gasteiger partial charge on any atom is 0.267 e. The average Bonchev–Trinajstić information content (AvgIpc) is 2.93. The van der Waals surface area contributed by atoms with E-state index in [4.69, 9.17) is 5.73 Å². The molecule has 6 heteroatoms. The number of nitrogens with one attached hydrogen (secondary N) is 1. The number of thiophene rings is 1. The summed E-state index contributed by atoms with van der Waals surface area (Å²) in [7, 11) is 0. The highest BCUT2D eigenvalue weighted by molar-refractivity contribution is 7.12. The van der Waals surface area contributed by atoms with Crippen molar-refractivity contribution in [2.24, 2.45) is 5.73 Å². The van der Waals surface area contributed by atoms with Crippen LogP contribution in [0.2, 0.25) is 0 Å². The Morgan fingerprint density at radius 2 is 2.14 bits per heavy atom. The number of carbonyl (C=O) groups excluding carboxylic acids is 1. The van der Waals surface area contributed by atoms with Crippen LogP contribution in [0.4, 0.5) is 14.5 Å². The van der Waals surface area contributed by atoms with Crippen LogP contribution in [-0.4, -0.2) is 12.5 Å². The minimum absolute atomic E-state index is 0.165. The summed E-state index contributed by atoms with van der Waals surface area (Å²) in [5, 5.41) is 3.94. The lowest BCUT2D eigenvalue weighted by Gasteiger charge is -2.08. The first-order chi connectivity index (χ1) is 10.0. The number of hydrogen-bond acceptors (Lipinski definition) is 3. The van der Waals surface area contributed by atoms with Gasteiger partial charge in [0.15, 0.2) is 5.82 Å². The third-order valence-corrected chi connectivity index (χ3v) is 3.63. The van der Waals surface area contributed by atoms with Gasteiger partial charge < -0.3 is 11.1 Å². The summed E-state index contributed by atoms with van der Waals surface area (Å²) in [6.07, 6.45) is 0. The van der Waals surface area contributed by atoms with Gasteiger partial charge in [0, 0.05) is 5.56 Å². The van der Waals surface area contributed by atoms with Crippen molar-refractivity contribution in [1.82, 2.24) is 0 Å². The topological polar surface area (TPSA) is 55.1 Å². The van der Waals surface area contributed by atoms with Crippen LogP contribution in [0.15, 0.2) is 23.6 Å². The van der Waals surface area contributed by atoms with Gasteiger partial charge in [0.25, 0.3) is 5.91 Å². The van der Waals surface area contributed by atoms with Crippen molar-refractivity contribution in [3.8, 4) is 11.8 Å². The van der Waals surface area contributed by atoms with Gasteiger partial charge in [-0.1, -0.05) is 17.9 Å². The number of rotatable bonds is 2. The van der Waals surface area contributed by atoms with E-state index in [1.807, 2.05) is 0 Å². The number of nitrogens with two attached hydrogens (primary N) is 1. The predicted octanol–water partition coefficient (Wildman–Crippen LogP) is 2.90. The zero-order valence-electron chi connectivity index (χ0n) is 11.2. The first-order valence-electron chi connectivity index (χ1n) is 6.07. The average molecular weight is 306 g/mol. The molecular weight excluding hydrogens is 294 g/mol. The van der Waals surface area contributed by atoms with Crippen molar-refractivity contribution in [3.63, 3.8) is 0 Å². The van der Waals surface area contributed by atoms with Gasteiger partial charge in [-0.2, -0.15) is 0 Å². The summed E-state index contributed by atoms with van der Waals surface area (Å²) in [5.74, 6) is 3.18. The third kappa shape index (κ3) is 3.27. The van der Waals surface area contributed by atoms with Crippen molar-refractivity contribution in [3.05, 3.63) is 51.2 Å². The lowest BCUT2D eigenvalue weighted by Crippen LogP contribution is -2.14. The molecule has 2 aromatic rings. The van der Waals surface area contributed by atoms with E-state index < -0.39 is 23.2 Å². The molecule has 0 aliphatic carbocycles. The second-order valence-corrected chi connectivity index (χ2v) is 5.09. The van der Waals surface area contributed by atoms with E-state index in [0.717, 1.165) is 17.4 Å². The van der Waals surface area contributed by atoms with E-state index in [0.29, 0.717) is 5.56 Å². The molecule has 0 bridgehead atoms. The van der Waals surface area contributed by atoms with Crippen LogP contribution in [0.5, 0.6) is 0 Å². The molecule has 0 saturated carbocycles. The highest BCUT2D eigenvalue weighted by Crippen LogP contribution is 2.24. The molecule has 1 heterocycles. The van der Waals surface area contributed by atoms with E-state index in [1.165, 1.54) is 13.0 Å². The van der Waals surface area contributed by atoms with Crippen molar-refractivity contribution >= 4 is 22.9 Å². The number of anilines is 1. The van der Waals surface area contributed by atoms with Crippen LogP contribution >= 0.6 is 11.3 Å². The van der Waals surface area contributed by atoms with Gasteiger partial charge in [0.2, 0.25) is 0 Å². The van der Waals surface area contributed by atoms with Crippen LogP contribution in [-0.2, 0) is 0 Å². The molecule has 0 unspecified atom stereocenters. The normalized spacial score (nSPS) is 9.90. The molecule has 0 aliphatic rings. The molecule has 21 heavy (non-hydrogen) atoms. The number of amides is 1. The molecule has 0 fully saturated rings. The summed E-state index contributed by atoms with van der Waals surface area (Å²) < 4.78 is 27.5. The van der Waals surface area contributed by atoms with Crippen LogP contribution in [0.1, 0.15) is 20.8 Å². The number of aryl methyl sites for hydroxylation is 1. The Morgan fingerprint density at radius 1 is 1.38 bits per heavy atom. The fourth-order valence-electron chi connectivity index (χ4n) is 1.67. The lowest BCUT2D eigenvalue weighted by molar-refractivity contribution is 0.102. The molecule has 0 radical (unpaired) electrons. The monoisotopic (exact) mass is 306 g/mol. The van der Waals surface area contributed by atoms with E-state index in [2.05, 4.69) is 17.2 Å². The van der Waals surface area contributed by atoms with E-state index >= 15 is 0 Å². The quantitative estimate of drug-likeness (QED) is 0.838. The van der Waals surface area contributed by atoms with Crippen molar-refractivity contribution in [2.45, 2.75) is 6.92 Å². The van der Waals surface area contributed by atoms with Gasteiger partial charge in [0.1, 0.15) is 16.4 Å². The Bertz CT molecular complexity index is 744. The summed E-state index contributed by atoms with van der Waals surface area (Å²) in [4.78, 5) is 12.4. The van der Waals surface area contributed by atoms with E-state index in [1.54, 1.807) is 11.4 Å². The summed E-state index contributed by atoms with van der Waals surface area (Å²) in [5.41, 5.74) is 5.56. The fraction of sp³-hybridized carbons (Fsp3) is 0.133. The van der Waals surface area contributed by atoms with Crippen LogP contribution in [0.3, 0.4) is 0 Å². The second kappa shape index (κ2) is 6.48. The van der Waals surface area contributed by atoms with E-state index in [9.17, 15) is 13.6 Å². The Balaban J connectivity index is 2.31. The zero-order valence-corrected chi connectivity index (χ0v) is 12.0. The Kier molecular flexibility index (Phi) is 4.68. The minimum Gasteiger partial charge on any atom is -0.320 e. The first-order valence-corrected chi connectivity index (χ1v) is 6.95. The van der Waals surface area contributed by atoms with Gasteiger partial charge >= 0.3 is 0 Å². The van der Waals surface area contributed by atoms with E-state index in [-0.39, 0.29) is 17.0 Å². The lowest BCUT2D eigenvalue weighted by atomic mass is 10.2. The molecule has 108 valence electrons. The Hall–Kier alpha value is -2.23. The van der Waals surface area contributed by atoms with Gasteiger partial charge in [-0.15, -0.1) is 11.3 Å². The van der Waals surface area contributed by atoms with Crippen molar-refractivity contribution in [1.29, 1.82) is 0 Å². The molecule has 0 atom stereocenters. The molecule has 3 nitrogen and oxygen atoms in total. The van der Waals surface area contributed by atoms with Gasteiger partial charge in [-0.05, 0) is 30.0 Å². The molecule has 2 rings (SSSR count). The summed E-state index contributed by atoms with van der Waals surface area (Å²) in [6, 6.07) is 4.08. The number of carbonyl (C=O) groups is 1. The summed E-state index contributed by atoms with van der Waals surface area (Å²) in [6.45, 7) is 1.66. The van der Waals surface area contributed by atoms with Crippen molar-refractivity contribution in [2.75, 3.05) is 11.9 Å². The molecule has 1 amide bonds. The highest BCUT2D eigenvalue weighted by Gasteiger charge is 2.18. The highest BCUT2D eigenvalue weighted by atomic mass is 32.1. The standard InChI is InChI=1S/C15H12F2N2OS/c1-9-4-5-11(16)13(12(9)17)19-15(20)14-10(3-2-7-18)6-8-21-14/h4-6,8H,7,18H2,1H3,(H,19,20). The molecule has 1 aromatic carbocycles. The number of benzene rings is 1. The van der Waals surface area contributed by atoms with Crippen molar-refractivity contribution < 1.29 is 13.6 Å². The SMILES string of the molecule is Cc1ccc(F)c(NC(=O)c2sccc2C#CCN)c1F. The first kappa shape index (κ1) is 15.2. The largest absolute Gasteiger partial charge is 0.320 e. The fourth-order valence-corrected chi connectivity index (χ4v) is 2.42. The maximum absolute atomic E-state index is 13.9. The molecule has 0 spiro atoms. The minimum atomic E-state index is -0.822. The predicted molar refractivity (Wildman–Crippen MR) is 79.3 cm³/mol. The van der Waals surface area contributed by atoms with Crippen LogP contribution < -0.4 is 11.1 Å². The van der Waals surface area contributed by atoms with Crippen LogP contribution in [0, 0.1) is 30.4 Å². The molecule has 0 aliphatic heterocycles. The molecular formula is C15H12F2N2OS. The maximum atomic E-state index is 13.9. The van der Waals surface area contributed by atoms with Crippen LogP contribution in [0.25, 0.3) is 0 Å². The van der Waals surface area contributed by atoms with Gasteiger partial charge in [-0.25, -0.2) is 8.78 Å². The summed E-state index contributed by atoms with van der Waals surface area (Å²) >= 11 is 1.14. The number of halogens is 2. The Labute approximate surface area is 124 Å². The molecule has 3 N–H and O–H groups in total. The smallest absolute Gasteiger partial charge is 0.267 e. The molecule has 1 aromatic heterocycles. The molecule has 0 saturated heterocycles. The number of hydrogen-bond donors (Lipinski definition) is 2.